The highest BCUT2D eigenvalue weighted by Crippen LogP contribution is 2.25. The van der Waals surface area contributed by atoms with Crippen LogP contribution in [0.3, 0.4) is 0 Å². The Balaban J connectivity index is 5.00. The lowest BCUT2D eigenvalue weighted by Gasteiger charge is -2.29. The molecular weight excluding hydrogens is 384 g/mol. The van der Waals surface area contributed by atoms with Crippen LogP contribution in [0.4, 0.5) is 0 Å². The van der Waals surface area contributed by atoms with Crippen molar-refractivity contribution >= 4 is 17.1 Å². The summed E-state index contributed by atoms with van der Waals surface area (Å²) < 4.78 is 24.8. The van der Waals surface area contributed by atoms with Crippen molar-refractivity contribution < 1.29 is 17.7 Å². The Kier molecular flexibility index (Phi) is 17.4. The zero-order valence-corrected chi connectivity index (χ0v) is 21.4. The van der Waals surface area contributed by atoms with Crippen molar-refractivity contribution in [3.63, 3.8) is 0 Å². The summed E-state index contributed by atoms with van der Waals surface area (Å²) in [5, 5.41) is 0. The minimum atomic E-state index is -2.26. The van der Waals surface area contributed by atoms with Crippen molar-refractivity contribution in [3.05, 3.63) is 23.6 Å². The molecule has 0 atom stereocenters. The van der Waals surface area contributed by atoms with E-state index in [2.05, 4.69) is 65.1 Å². The fourth-order valence-corrected chi connectivity index (χ4v) is 9.26. The van der Waals surface area contributed by atoms with Crippen LogP contribution in [-0.4, -0.2) is 43.5 Å². The smallest absolute Gasteiger partial charge is 0.364 e. The van der Waals surface area contributed by atoms with Gasteiger partial charge >= 0.3 is 17.1 Å². The third-order valence-electron chi connectivity index (χ3n) is 4.51. The van der Waals surface area contributed by atoms with Gasteiger partial charge in [-0.05, 0) is 64.0 Å². The maximum Gasteiger partial charge on any atom is 0.364 e. The predicted molar refractivity (Wildman–Crippen MR) is 125 cm³/mol. The van der Waals surface area contributed by atoms with Gasteiger partial charge < -0.3 is 17.7 Å². The van der Waals surface area contributed by atoms with Gasteiger partial charge in [0.05, 0.1) is 0 Å². The maximum atomic E-state index is 6.19. The van der Waals surface area contributed by atoms with Gasteiger partial charge in [0.15, 0.2) is 0 Å². The van der Waals surface area contributed by atoms with Crippen LogP contribution >= 0.6 is 0 Å². The highest BCUT2D eigenvalue weighted by Gasteiger charge is 2.36. The van der Waals surface area contributed by atoms with Gasteiger partial charge in [0, 0.05) is 26.4 Å². The standard InChI is InChI=1S/C22H46O4Si2/c1-7-13-15-19-27(23-9-3,24-10-4)21-17-18-22-28(25-11-5,26-12-6)20-16-14-8-2/h15-16,19-20H,7-14,17-18,21-22H2,1-6H3. The minimum absolute atomic E-state index is 0.707. The predicted octanol–water partition coefficient (Wildman–Crippen LogP) is 6.59. The van der Waals surface area contributed by atoms with Gasteiger partial charge in [0.2, 0.25) is 0 Å². The molecule has 28 heavy (non-hydrogen) atoms. The van der Waals surface area contributed by atoms with Crippen LogP contribution in [0.1, 0.15) is 80.1 Å². The summed E-state index contributed by atoms with van der Waals surface area (Å²) >= 11 is 0. The van der Waals surface area contributed by atoms with Gasteiger partial charge in [-0.2, -0.15) is 0 Å². The molecule has 0 amide bonds. The molecule has 0 radical (unpaired) electrons. The van der Waals surface area contributed by atoms with E-state index in [1.165, 1.54) is 0 Å². The molecule has 6 heteroatoms. The van der Waals surface area contributed by atoms with E-state index < -0.39 is 17.1 Å². The molecule has 0 N–H and O–H groups in total. The van der Waals surface area contributed by atoms with E-state index in [-0.39, 0.29) is 0 Å². The second-order valence-corrected chi connectivity index (χ2v) is 13.0. The van der Waals surface area contributed by atoms with Crippen LogP contribution < -0.4 is 0 Å². The quantitative estimate of drug-likeness (QED) is 0.171. The van der Waals surface area contributed by atoms with Crippen LogP contribution in [0.5, 0.6) is 0 Å². The molecule has 166 valence electrons. The normalized spacial score (nSPS) is 13.2. The van der Waals surface area contributed by atoms with Crippen molar-refractivity contribution in [1.82, 2.24) is 0 Å². The lowest BCUT2D eigenvalue weighted by Crippen LogP contribution is -2.42. The Morgan fingerprint density at radius 1 is 0.536 bits per heavy atom. The maximum absolute atomic E-state index is 6.19. The third-order valence-corrected chi connectivity index (χ3v) is 11.2. The van der Waals surface area contributed by atoms with Gasteiger partial charge in [-0.25, -0.2) is 0 Å². The van der Waals surface area contributed by atoms with Crippen LogP contribution in [0.25, 0.3) is 0 Å². The summed E-state index contributed by atoms with van der Waals surface area (Å²) in [4.78, 5) is 0. The zero-order chi connectivity index (χ0) is 21.1. The van der Waals surface area contributed by atoms with Gasteiger partial charge in [-0.15, -0.1) is 0 Å². The molecule has 0 aromatic carbocycles. The first kappa shape index (κ1) is 27.8. The van der Waals surface area contributed by atoms with Crippen molar-refractivity contribution in [2.24, 2.45) is 0 Å². The molecular formula is C22H46O4Si2. The van der Waals surface area contributed by atoms with Gasteiger partial charge in [-0.3, -0.25) is 0 Å². The van der Waals surface area contributed by atoms with E-state index >= 15 is 0 Å². The second kappa shape index (κ2) is 17.6. The van der Waals surface area contributed by atoms with Crippen LogP contribution in [0, 0.1) is 0 Å². The number of rotatable bonds is 19. The Bertz CT molecular complexity index is 363. The second-order valence-electron chi connectivity index (χ2n) is 6.94. The van der Waals surface area contributed by atoms with Crippen LogP contribution in [0.15, 0.2) is 23.6 Å². The number of hydrogen-bond acceptors (Lipinski definition) is 4. The largest absolute Gasteiger partial charge is 0.392 e. The molecule has 0 aliphatic rings. The van der Waals surface area contributed by atoms with E-state index in [9.17, 15) is 0 Å². The molecule has 0 spiro atoms. The summed E-state index contributed by atoms with van der Waals surface area (Å²) in [5.41, 5.74) is 4.53. The van der Waals surface area contributed by atoms with E-state index in [4.69, 9.17) is 17.7 Å². The Labute approximate surface area is 177 Å². The summed E-state index contributed by atoms with van der Waals surface area (Å²) in [6, 6.07) is 1.99. The zero-order valence-electron chi connectivity index (χ0n) is 19.4. The summed E-state index contributed by atoms with van der Waals surface area (Å²) in [6.07, 6.45) is 11.2. The van der Waals surface area contributed by atoms with Crippen LogP contribution in [0.2, 0.25) is 12.1 Å². The van der Waals surface area contributed by atoms with E-state index in [0.29, 0.717) is 26.4 Å². The van der Waals surface area contributed by atoms with Gasteiger partial charge in [-0.1, -0.05) is 51.7 Å². The molecule has 0 rings (SSSR count). The molecule has 0 aromatic rings. The number of hydrogen-bond donors (Lipinski definition) is 0. The molecule has 0 heterocycles. The molecule has 0 aliphatic heterocycles. The summed E-state index contributed by atoms with van der Waals surface area (Å²) in [7, 11) is -4.52. The minimum Gasteiger partial charge on any atom is -0.392 e. The van der Waals surface area contributed by atoms with E-state index in [1.54, 1.807) is 0 Å². The van der Waals surface area contributed by atoms with Gasteiger partial charge in [0.1, 0.15) is 0 Å². The highest BCUT2D eigenvalue weighted by molar-refractivity contribution is 6.73. The monoisotopic (exact) mass is 430 g/mol. The first-order chi connectivity index (χ1) is 13.6. The average Bonchev–Trinajstić information content (AvgIpc) is 2.67. The molecule has 0 aliphatic carbocycles. The topological polar surface area (TPSA) is 36.9 Å². The summed E-state index contributed by atoms with van der Waals surface area (Å²) in [6.45, 7) is 15.5. The molecule has 0 unspecified atom stereocenters. The number of allylic oxidation sites excluding steroid dienone is 2. The highest BCUT2D eigenvalue weighted by atomic mass is 28.4. The third kappa shape index (κ3) is 11.7. The lowest BCUT2D eigenvalue weighted by molar-refractivity contribution is 0.189. The Hall–Kier alpha value is -0.246. The first-order valence-electron chi connectivity index (χ1n) is 11.5. The van der Waals surface area contributed by atoms with Crippen LogP contribution in [-0.2, 0) is 17.7 Å². The molecule has 0 saturated carbocycles. The molecule has 0 saturated heterocycles. The summed E-state index contributed by atoms with van der Waals surface area (Å²) in [5.74, 6) is 0. The van der Waals surface area contributed by atoms with Crippen molar-refractivity contribution in [2.45, 2.75) is 92.2 Å². The van der Waals surface area contributed by atoms with E-state index in [1.807, 2.05) is 0 Å². The SMILES string of the molecule is CCCC=C[Si](CCCC[Si](C=CCCC)(OCC)OCC)(OCC)OCC. The Morgan fingerprint density at radius 2 is 0.857 bits per heavy atom. The average molecular weight is 431 g/mol. The Morgan fingerprint density at radius 3 is 1.11 bits per heavy atom. The van der Waals surface area contributed by atoms with Crippen molar-refractivity contribution in [3.8, 4) is 0 Å². The first-order valence-corrected chi connectivity index (χ1v) is 15.7. The molecule has 0 aromatic heterocycles. The molecule has 0 fully saturated rings. The van der Waals surface area contributed by atoms with Crippen molar-refractivity contribution in [2.75, 3.05) is 26.4 Å². The molecule has 4 nitrogen and oxygen atoms in total. The van der Waals surface area contributed by atoms with E-state index in [0.717, 1.165) is 50.6 Å². The number of unbranched alkanes of at least 4 members (excludes halogenated alkanes) is 3. The fourth-order valence-electron chi connectivity index (χ4n) is 3.31. The lowest BCUT2D eigenvalue weighted by atomic mass is 10.3. The van der Waals surface area contributed by atoms with Crippen molar-refractivity contribution in [1.29, 1.82) is 0 Å². The van der Waals surface area contributed by atoms with Gasteiger partial charge in [0.25, 0.3) is 0 Å². The fraction of sp³-hybridized carbons (Fsp3) is 0.818. The molecule has 0 bridgehead atoms.